The molecular formula is C18H24F2N2O3S. The minimum absolute atomic E-state index is 0.0721. The lowest BCUT2D eigenvalue weighted by Gasteiger charge is -2.31. The lowest BCUT2D eigenvalue weighted by atomic mass is 9.85. The smallest absolute Gasteiger partial charge is 0.223 e. The third-order valence-electron chi connectivity index (χ3n) is 5.31. The molecule has 2 saturated carbocycles. The molecule has 0 bridgehead atoms. The number of sulfonamides is 1. The van der Waals surface area contributed by atoms with Crippen LogP contribution in [0.4, 0.5) is 8.78 Å². The highest BCUT2D eigenvalue weighted by Crippen LogP contribution is 2.47. The van der Waals surface area contributed by atoms with Gasteiger partial charge in [0.05, 0.1) is 6.26 Å². The monoisotopic (exact) mass is 386 g/mol. The van der Waals surface area contributed by atoms with Crippen LogP contribution < -0.4 is 10.0 Å². The molecule has 0 aliphatic heterocycles. The van der Waals surface area contributed by atoms with Gasteiger partial charge in [-0.25, -0.2) is 21.9 Å². The van der Waals surface area contributed by atoms with Crippen molar-refractivity contribution < 1.29 is 22.0 Å². The summed E-state index contributed by atoms with van der Waals surface area (Å²) in [5, 5.41) is 2.91. The molecule has 1 aromatic carbocycles. The summed E-state index contributed by atoms with van der Waals surface area (Å²) < 4.78 is 52.0. The maximum Gasteiger partial charge on any atom is 0.223 e. The second-order valence-electron chi connectivity index (χ2n) is 7.41. The summed E-state index contributed by atoms with van der Waals surface area (Å²) in [6, 6.07) is 3.60. The fourth-order valence-electron chi connectivity index (χ4n) is 3.84. The zero-order chi connectivity index (χ0) is 18.9. The second-order valence-corrected chi connectivity index (χ2v) is 9.19. The molecule has 4 atom stereocenters. The van der Waals surface area contributed by atoms with Gasteiger partial charge < -0.3 is 5.32 Å². The zero-order valence-electron chi connectivity index (χ0n) is 14.7. The first-order valence-electron chi connectivity index (χ1n) is 8.94. The summed E-state index contributed by atoms with van der Waals surface area (Å²) in [4.78, 5) is 12.4. The van der Waals surface area contributed by atoms with Crippen LogP contribution in [0.2, 0.25) is 0 Å². The van der Waals surface area contributed by atoms with Crippen molar-refractivity contribution in [3.63, 3.8) is 0 Å². The molecule has 2 unspecified atom stereocenters. The standard InChI is InChI=1S/C18H24F2N2O3S/c1-26(24,25)22-17-5-3-2-4-12(17)10-21-18(23)14-9-13(14)11-6-7-15(19)16(20)8-11/h6-8,12-14,17,22H,2-5,9-10H2,1H3,(H,21,23)/t12?,13-,14+,17?/m0/s1. The molecule has 2 fully saturated rings. The summed E-state index contributed by atoms with van der Waals surface area (Å²) in [5.74, 6) is -2.14. The van der Waals surface area contributed by atoms with E-state index in [1.54, 1.807) is 0 Å². The average Bonchev–Trinajstić information content (AvgIpc) is 3.35. The van der Waals surface area contributed by atoms with Gasteiger partial charge in [-0.05, 0) is 48.8 Å². The van der Waals surface area contributed by atoms with Crippen molar-refractivity contribution in [1.29, 1.82) is 0 Å². The van der Waals surface area contributed by atoms with E-state index in [9.17, 15) is 22.0 Å². The summed E-state index contributed by atoms with van der Waals surface area (Å²) in [5.41, 5.74) is 0.637. The molecule has 2 aliphatic carbocycles. The highest BCUT2D eigenvalue weighted by atomic mass is 32.2. The minimum Gasteiger partial charge on any atom is -0.356 e. The molecule has 1 aromatic rings. The van der Waals surface area contributed by atoms with Crippen molar-refractivity contribution in [2.75, 3.05) is 12.8 Å². The van der Waals surface area contributed by atoms with E-state index in [1.165, 1.54) is 6.07 Å². The summed E-state index contributed by atoms with van der Waals surface area (Å²) in [6.07, 6.45) is 5.39. The van der Waals surface area contributed by atoms with Gasteiger partial charge in [-0.2, -0.15) is 0 Å². The first kappa shape index (κ1) is 19.2. The number of carbonyl (C=O) groups excluding carboxylic acids is 1. The Bertz CT molecular complexity index is 785. The maximum absolute atomic E-state index is 13.3. The Labute approximate surface area is 152 Å². The van der Waals surface area contributed by atoms with E-state index < -0.39 is 21.7 Å². The van der Waals surface area contributed by atoms with Crippen molar-refractivity contribution in [1.82, 2.24) is 10.0 Å². The van der Waals surface area contributed by atoms with Gasteiger partial charge in [-0.1, -0.05) is 18.9 Å². The quantitative estimate of drug-likeness (QED) is 0.788. The second kappa shape index (κ2) is 7.60. The molecule has 2 aliphatic rings. The molecule has 144 valence electrons. The fourth-order valence-corrected chi connectivity index (χ4v) is 4.70. The van der Waals surface area contributed by atoms with Crippen LogP contribution in [0.15, 0.2) is 18.2 Å². The molecule has 0 heterocycles. The first-order valence-corrected chi connectivity index (χ1v) is 10.8. The Morgan fingerprint density at radius 2 is 1.92 bits per heavy atom. The highest BCUT2D eigenvalue weighted by Gasteiger charge is 2.44. The third-order valence-corrected chi connectivity index (χ3v) is 6.04. The molecule has 0 radical (unpaired) electrons. The Morgan fingerprint density at radius 3 is 2.62 bits per heavy atom. The summed E-state index contributed by atoms with van der Waals surface area (Å²) >= 11 is 0. The van der Waals surface area contributed by atoms with E-state index in [0.29, 0.717) is 18.5 Å². The molecule has 8 heteroatoms. The number of carbonyl (C=O) groups is 1. The molecule has 2 N–H and O–H groups in total. The van der Waals surface area contributed by atoms with Crippen LogP contribution in [0, 0.1) is 23.5 Å². The number of halogens is 2. The van der Waals surface area contributed by atoms with Crippen LogP contribution in [-0.4, -0.2) is 33.2 Å². The zero-order valence-corrected chi connectivity index (χ0v) is 15.5. The van der Waals surface area contributed by atoms with Crippen LogP contribution in [0.3, 0.4) is 0 Å². The van der Waals surface area contributed by atoms with E-state index in [1.807, 2.05) is 0 Å². The molecule has 1 amide bonds. The Morgan fingerprint density at radius 1 is 1.19 bits per heavy atom. The van der Waals surface area contributed by atoms with Crippen LogP contribution in [0.25, 0.3) is 0 Å². The number of amides is 1. The Balaban J connectivity index is 1.53. The summed E-state index contributed by atoms with van der Waals surface area (Å²) in [7, 11) is -3.28. The van der Waals surface area contributed by atoms with Crippen molar-refractivity contribution in [3.05, 3.63) is 35.4 Å². The van der Waals surface area contributed by atoms with Crippen LogP contribution >= 0.6 is 0 Å². The van der Waals surface area contributed by atoms with Crippen molar-refractivity contribution in [3.8, 4) is 0 Å². The number of rotatable bonds is 6. The molecule has 5 nitrogen and oxygen atoms in total. The van der Waals surface area contributed by atoms with Gasteiger partial charge in [-0.3, -0.25) is 4.79 Å². The highest BCUT2D eigenvalue weighted by molar-refractivity contribution is 7.88. The van der Waals surface area contributed by atoms with Gasteiger partial charge in [0.15, 0.2) is 11.6 Å². The van der Waals surface area contributed by atoms with E-state index in [0.717, 1.165) is 44.1 Å². The number of hydrogen-bond donors (Lipinski definition) is 2. The molecule has 0 saturated heterocycles. The predicted octanol–water partition coefficient (Wildman–Crippen LogP) is 2.29. The molecular weight excluding hydrogens is 362 g/mol. The van der Waals surface area contributed by atoms with Gasteiger partial charge in [0.25, 0.3) is 0 Å². The lowest BCUT2D eigenvalue weighted by Crippen LogP contribution is -2.46. The van der Waals surface area contributed by atoms with Gasteiger partial charge in [0, 0.05) is 18.5 Å². The summed E-state index contributed by atoms with van der Waals surface area (Å²) in [6.45, 7) is 0.424. The number of nitrogens with one attached hydrogen (secondary N) is 2. The van der Waals surface area contributed by atoms with Gasteiger partial charge in [0.1, 0.15) is 0 Å². The van der Waals surface area contributed by atoms with Gasteiger partial charge in [-0.15, -0.1) is 0 Å². The van der Waals surface area contributed by atoms with Crippen molar-refractivity contribution in [2.45, 2.75) is 44.1 Å². The molecule has 0 aromatic heterocycles. The topological polar surface area (TPSA) is 75.3 Å². The van der Waals surface area contributed by atoms with Crippen molar-refractivity contribution in [2.24, 2.45) is 11.8 Å². The molecule has 3 rings (SSSR count). The SMILES string of the molecule is CS(=O)(=O)NC1CCCCC1CNC(=O)[C@@H]1C[C@H]1c1ccc(F)c(F)c1. The predicted molar refractivity (Wildman–Crippen MR) is 93.9 cm³/mol. The molecule has 0 spiro atoms. The largest absolute Gasteiger partial charge is 0.356 e. The van der Waals surface area contributed by atoms with E-state index in [4.69, 9.17) is 0 Å². The fraction of sp³-hybridized carbons (Fsp3) is 0.611. The lowest BCUT2D eigenvalue weighted by molar-refractivity contribution is -0.122. The average molecular weight is 386 g/mol. The van der Waals surface area contributed by atoms with Crippen molar-refractivity contribution >= 4 is 15.9 Å². The Hall–Kier alpha value is -1.54. The Kier molecular flexibility index (Phi) is 5.62. The maximum atomic E-state index is 13.3. The van der Waals surface area contributed by atoms with Crippen LogP contribution in [0.1, 0.15) is 43.6 Å². The molecule has 26 heavy (non-hydrogen) atoms. The van der Waals surface area contributed by atoms with Crippen LogP contribution in [0.5, 0.6) is 0 Å². The van der Waals surface area contributed by atoms with E-state index in [2.05, 4.69) is 10.0 Å². The third kappa shape index (κ3) is 4.79. The van der Waals surface area contributed by atoms with E-state index in [-0.39, 0.29) is 29.7 Å². The number of hydrogen-bond acceptors (Lipinski definition) is 3. The van der Waals surface area contributed by atoms with E-state index >= 15 is 0 Å². The normalized spacial score (nSPS) is 28.6. The minimum atomic E-state index is -3.28. The van der Waals surface area contributed by atoms with Gasteiger partial charge in [0.2, 0.25) is 15.9 Å². The van der Waals surface area contributed by atoms with Gasteiger partial charge >= 0.3 is 0 Å². The first-order chi connectivity index (χ1) is 12.2. The number of benzene rings is 1. The van der Waals surface area contributed by atoms with Crippen LogP contribution in [-0.2, 0) is 14.8 Å².